The van der Waals surface area contributed by atoms with Crippen molar-refractivity contribution in [2.45, 2.75) is 12.5 Å². The van der Waals surface area contributed by atoms with E-state index in [4.69, 9.17) is 13.8 Å². The fourth-order valence-corrected chi connectivity index (χ4v) is 5.60. The first-order chi connectivity index (χ1) is 19.1. The zero-order chi connectivity index (χ0) is 26.9. The second-order valence-corrected chi connectivity index (χ2v) is 10.6. The number of aromatic nitrogens is 4. The molecule has 0 fully saturated rings. The molecule has 0 saturated heterocycles. The van der Waals surface area contributed by atoms with Crippen LogP contribution in [0.3, 0.4) is 0 Å². The number of methoxy groups -OCH3 is 1. The number of nitrogens with zero attached hydrogens (tertiary/aromatic N) is 3. The van der Waals surface area contributed by atoms with Crippen LogP contribution in [-0.4, -0.2) is 34.0 Å². The van der Waals surface area contributed by atoms with Gasteiger partial charge in [-0.3, -0.25) is 5.32 Å². The van der Waals surface area contributed by atoms with Gasteiger partial charge in [0.25, 0.3) is 0 Å². The number of tetrazole rings is 1. The van der Waals surface area contributed by atoms with Crippen molar-refractivity contribution in [2.24, 2.45) is 0 Å². The summed E-state index contributed by atoms with van der Waals surface area (Å²) in [6.45, 7) is 0. The van der Waals surface area contributed by atoms with Crippen LogP contribution in [0.5, 0.6) is 17.2 Å². The molecule has 5 rings (SSSR count). The van der Waals surface area contributed by atoms with E-state index in [1.54, 1.807) is 31.4 Å². The van der Waals surface area contributed by atoms with Gasteiger partial charge in [0, 0.05) is 5.56 Å². The molecule has 0 spiro atoms. The Balaban J connectivity index is 1.35. The maximum absolute atomic E-state index is 14.0. The Morgan fingerprint density at radius 1 is 0.821 bits per heavy atom. The molecule has 1 atom stereocenters. The topological polar surface area (TPSA) is 111 Å². The molecule has 9 nitrogen and oxygen atoms in total. The standard InChI is InChI=1S/C29H28N5O4P/c1-36-28-15-9-8-14-26(28)23-18-16-22(17-19-23)20-27(29-31-33-34-32-29)30-21-39(35,37-24-10-4-2-5-11-24)38-25-12-6-3-7-13-25/h2-19,27,30H,20-21H2,1H3,(H,31,32,33,34). The van der Waals surface area contributed by atoms with Crippen molar-refractivity contribution in [1.29, 1.82) is 0 Å². The van der Waals surface area contributed by atoms with Crippen LogP contribution in [0.2, 0.25) is 0 Å². The van der Waals surface area contributed by atoms with Gasteiger partial charge < -0.3 is 13.8 Å². The lowest BCUT2D eigenvalue weighted by atomic mass is 10.00. The summed E-state index contributed by atoms with van der Waals surface area (Å²) in [6, 6.07) is 33.6. The molecule has 10 heteroatoms. The van der Waals surface area contributed by atoms with Crippen molar-refractivity contribution in [2.75, 3.05) is 13.4 Å². The van der Waals surface area contributed by atoms with Gasteiger partial charge in [-0.15, -0.1) is 5.10 Å². The third-order valence-corrected chi connectivity index (χ3v) is 7.56. The smallest absolute Gasteiger partial charge is 0.444 e. The summed E-state index contributed by atoms with van der Waals surface area (Å²) in [5.41, 5.74) is 3.09. The molecular weight excluding hydrogens is 513 g/mol. The van der Waals surface area contributed by atoms with Gasteiger partial charge in [-0.25, -0.2) is 9.66 Å². The van der Waals surface area contributed by atoms with Gasteiger partial charge in [0.05, 0.1) is 13.2 Å². The van der Waals surface area contributed by atoms with E-state index in [9.17, 15) is 4.57 Å². The number of rotatable bonds is 12. The van der Waals surface area contributed by atoms with E-state index < -0.39 is 7.60 Å². The Kier molecular flexibility index (Phi) is 8.31. The average Bonchev–Trinajstić information content (AvgIpc) is 3.52. The molecule has 2 N–H and O–H groups in total. The molecule has 1 unspecified atom stereocenters. The van der Waals surface area contributed by atoms with Crippen LogP contribution in [-0.2, 0) is 11.0 Å². The monoisotopic (exact) mass is 541 g/mol. The van der Waals surface area contributed by atoms with Crippen molar-refractivity contribution < 1.29 is 18.3 Å². The lowest BCUT2D eigenvalue weighted by Gasteiger charge is -2.23. The normalized spacial score (nSPS) is 12.0. The Labute approximate surface area is 226 Å². The summed E-state index contributed by atoms with van der Waals surface area (Å²) in [5.74, 6) is 2.21. The minimum atomic E-state index is -3.69. The number of ether oxygens (including phenoxy) is 1. The van der Waals surface area contributed by atoms with Gasteiger partial charge >= 0.3 is 7.60 Å². The molecule has 0 saturated carbocycles. The lowest BCUT2D eigenvalue weighted by Crippen LogP contribution is -2.27. The van der Waals surface area contributed by atoms with Crippen LogP contribution in [0.4, 0.5) is 0 Å². The van der Waals surface area contributed by atoms with E-state index in [0.29, 0.717) is 23.7 Å². The Bertz CT molecular complexity index is 1450. The summed E-state index contributed by atoms with van der Waals surface area (Å²) in [4.78, 5) is 0. The molecule has 0 aliphatic carbocycles. The van der Waals surface area contributed by atoms with Crippen molar-refractivity contribution in [3.8, 4) is 28.4 Å². The zero-order valence-electron chi connectivity index (χ0n) is 21.3. The average molecular weight is 542 g/mol. The summed E-state index contributed by atoms with van der Waals surface area (Å²) in [7, 11) is -2.02. The maximum atomic E-state index is 14.0. The molecule has 1 aromatic heterocycles. The first-order valence-corrected chi connectivity index (χ1v) is 14.1. The third-order valence-electron chi connectivity index (χ3n) is 6.01. The van der Waals surface area contributed by atoms with E-state index in [1.807, 2.05) is 84.9 Å². The van der Waals surface area contributed by atoms with E-state index in [1.165, 1.54) is 0 Å². The highest BCUT2D eigenvalue weighted by atomic mass is 31.2. The molecule has 39 heavy (non-hydrogen) atoms. The van der Waals surface area contributed by atoms with Crippen LogP contribution >= 0.6 is 7.60 Å². The highest BCUT2D eigenvalue weighted by Crippen LogP contribution is 2.48. The minimum Gasteiger partial charge on any atom is -0.496 e. The van der Waals surface area contributed by atoms with Gasteiger partial charge in [0.2, 0.25) is 0 Å². The summed E-state index contributed by atoms with van der Waals surface area (Å²) in [6.07, 6.45) is 0.446. The fraction of sp³-hybridized carbons (Fsp3) is 0.138. The summed E-state index contributed by atoms with van der Waals surface area (Å²) in [5, 5.41) is 17.7. The SMILES string of the molecule is COc1ccccc1-c1ccc(CC(NCP(=O)(Oc2ccccc2)Oc2ccccc2)c2nnn[nH]2)cc1. The number of benzene rings is 4. The van der Waals surface area contributed by atoms with E-state index >= 15 is 0 Å². The van der Waals surface area contributed by atoms with E-state index in [2.05, 4.69) is 25.9 Å². The molecular formula is C29H28N5O4P. The van der Waals surface area contributed by atoms with Gasteiger partial charge in [0.1, 0.15) is 23.5 Å². The van der Waals surface area contributed by atoms with Crippen molar-refractivity contribution in [3.63, 3.8) is 0 Å². The lowest BCUT2D eigenvalue weighted by molar-refractivity contribution is 0.374. The zero-order valence-corrected chi connectivity index (χ0v) is 22.2. The molecule has 0 aliphatic heterocycles. The van der Waals surface area contributed by atoms with Crippen LogP contribution in [0.25, 0.3) is 11.1 Å². The molecule has 4 aromatic carbocycles. The fourth-order valence-electron chi connectivity index (χ4n) is 4.11. The first-order valence-electron chi connectivity index (χ1n) is 12.4. The van der Waals surface area contributed by atoms with Crippen molar-refractivity contribution in [3.05, 3.63) is 121 Å². The number of para-hydroxylation sites is 3. The van der Waals surface area contributed by atoms with Gasteiger partial charge in [-0.1, -0.05) is 78.9 Å². The van der Waals surface area contributed by atoms with Crippen LogP contribution in [0.1, 0.15) is 17.4 Å². The van der Waals surface area contributed by atoms with Crippen LogP contribution in [0, 0.1) is 0 Å². The predicted octanol–water partition coefficient (Wildman–Crippen LogP) is 6.06. The van der Waals surface area contributed by atoms with Crippen molar-refractivity contribution in [1.82, 2.24) is 25.9 Å². The number of hydrogen-bond acceptors (Lipinski definition) is 8. The second kappa shape index (κ2) is 12.4. The predicted molar refractivity (Wildman–Crippen MR) is 149 cm³/mol. The van der Waals surface area contributed by atoms with Crippen LogP contribution in [0.15, 0.2) is 109 Å². The van der Waals surface area contributed by atoms with Gasteiger partial charge in [0.15, 0.2) is 5.82 Å². The first kappa shape index (κ1) is 26.2. The van der Waals surface area contributed by atoms with Gasteiger partial charge in [-0.2, -0.15) is 0 Å². The second-order valence-electron chi connectivity index (χ2n) is 8.72. The largest absolute Gasteiger partial charge is 0.496 e. The van der Waals surface area contributed by atoms with Crippen LogP contribution < -0.4 is 19.1 Å². The molecule has 0 amide bonds. The Morgan fingerprint density at radius 3 is 2.03 bits per heavy atom. The molecule has 198 valence electrons. The summed E-state index contributed by atoms with van der Waals surface area (Å²) >= 11 is 0. The molecule has 0 radical (unpaired) electrons. The number of H-pyrrole nitrogens is 1. The quantitative estimate of drug-likeness (QED) is 0.184. The molecule has 0 aliphatic rings. The molecule has 5 aromatic rings. The van der Waals surface area contributed by atoms with Crippen molar-refractivity contribution >= 4 is 7.60 Å². The highest BCUT2D eigenvalue weighted by molar-refractivity contribution is 7.54. The number of hydrogen-bond donors (Lipinski definition) is 2. The highest BCUT2D eigenvalue weighted by Gasteiger charge is 2.30. The minimum absolute atomic E-state index is 0.0819. The third kappa shape index (κ3) is 6.90. The number of aromatic amines is 1. The molecule has 1 heterocycles. The van der Waals surface area contributed by atoms with E-state index in [-0.39, 0.29) is 12.3 Å². The molecule has 0 bridgehead atoms. The van der Waals surface area contributed by atoms with Gasteiger partial charge in [-0.05, 0) is 58.3 Å². The van der Waals surface area contributed by atoms with E-state index in [0.717, 1.165) is 22.4 Å². The maximum Gasteiger partial charge on any atom is 0.444 e. The Morgan fingerprint density at radius 2 is 1.44 bits per heavy atom. The summed E-state index contributed by atoms with van der Waals surface area (Å²) < 4.78 is 31.3. The Hall–Kier alpha value is -4.46. The number of nitrogens with one attached hydrogen (secondary N) is 2.